The van der Waals surface area contributed by atoms with Crippen molar-refractivity contribution in [2.24, 2.45) is 0 Å². The van der Waals surface area contributed by atoms with Crippen molar-refractivity contribution >= 4 is 66.6 Å². The zero-order valence-electron chi connectivity index (χ0n) is 19.0. The first kappa shape index (κ1) is 26.3. The van der Waals surface area contributed by atoms with Gasteiger partial charge in [-0.3, -0.25) is 9.10 Å². The molecule has 0 fully saturated rings. The van der Waals surface area contributed by atoms with Crippen molar-refractivity contribution in [1.82, 2.24) is 0 Å². The number of anilines is 2. The van der Waals surface area contributed by atoms with E-state index in [4.69, 9.17) is 11.6 Å². The number of amides is 1. The van der Waals surface area contributed by atoms with Gasteiger partial charge in [-0.05, 0) is 66.2 Å². The van der Waals surface area contributed by atoms with E-state index in [0.717, 1.165) is 19.2 Å². The highest BCUT2D eigenvalue weighted by molar-refractivity contribution is 9.10. The second-order valence-electron chi connectivity index (χ2n) is 7.76. The summed E-state index contributed by atoms with van der Waals surface area (Å²) in [4.78, 5) is 14.1. The highest BCUT2D eigenvalue weighted by atomic mass is 79.9. The largest absolute Gasteiger partial charge is 0.323 e. The smallest absolute Gasteiger partial charge is 0.264 e. The van der Waals surface area contributed by atoms with Crippen LogP contribution in [0.15, 0.2) is 117 Å². The third-order valence-electron chi connectivity index (χ3n) is 5.20. The molecule has 9 heteroatoms. The molecular formula is C27H22BrClN2O3S2. The summed E-state index contributed by atoms with van der Waals surface area (Å²) in [6.45, 7) is -0.380. The van der Waals surface area contributed by atoms with Gasteiger partial charge in [0.2, 0.25) is 5.91 Å². The van der Waals surface area contributed by atoms with Crippen LogP contribution in [0.25, 0.3) is 0 Å². The quantitative estimate of drug-likeness (QED) is 0.206. The fraction of sp³-hybridized carbons (Fsp3) is 0.0741. The van der Waals surface area contributed by atoms with E-state index in [1.54, 1.807) is 60.3 Å². The van der Waals surface area contributed by atoms with Crippen LogP contribution in [0.1, 0.15) is 5.56 Å². The molecule has 0 unspecified atom stereocenters. The van der Waals surface area contributed by atoms with E-state index in [-0.39, 0.29) is 11.4 Å². The van der Waals surface area contributed by atoms with Crippen LogP contribution >= 0.6 is 39.3 Å². The minimum atomic E-state index is -3.97. The number of sulfonamides is 1. The Morgan fingerprint density at radius 2 is 1.50 bits per heavy atom. The molecule has 4 aromatic carbocycles. The fourth-order valence-electron chi connectivity index (χ4n) is 3.40. The van der Waals surface area contributed by atoms with Crippen molar-refractivity contribution in [2.45, 2.75) is 15.5 Å². The molecule has 0 aromatic heterocycles. The van der Waals surface area contributed by atoms with E-state index in [2.05, 4.69) is 21.2 Å². The summed E-state index contributed by atoms with van der Waals surface area (Å²) in [6, 6.07) is 29.9. The van der Waals surface area contributed by atoms with E-state index in [9.17, 15) is 13.2 Å². The van der Waals surface area contributed by atoms with Crippen LogP contribution in [0.2, 0.25) is 5.02 Å². The number of nitrogens with one attached hydrogen (secondary N) is 1. The van der Waals surface area contributed by atoms with Gasteiger partial charge in [-0.1, -0.05) is 70.0 Å². The SMILES string of the molecule is O=C(CN(c1ccc(Br)cc1)S(=O)(=O)c1ccccc1)Nc1ccccc1SCc1ccc(Cl)cc1. The van der Waals surface area contributed by atoms with Crippen LogP contribution in [0.5, 0.6) is 0 Å². The van der Waals surface area contributed by atoms with Crippen LogP contribution in [-0.4, -0.2) is 20.9 Å². The molecule has 0 aliphatic heterocycles. The Morgan fingerprint density at radius 3 is 2.19 bits per heavy atom. The summed E-state index contributed by atoms with van der Waals surface area (Å²) >= 11 is 10.9. The van der Waals surface area contributed by atoms with Gasteiger partial charge in [0, 0.05) is 20.1 Å². The standard InChI is InChI=1S/C27H22BrClN2O3S2/c28-21-12-16-23(17-13-21)31(36(33,34)24-6-2-1-3-7-24)18-27(32)30-25-8-4-5-9-26(25)35-19-20-10-14-22(29)15-11-20/h1-17H,18-19H2,(H,30,32). The lowest BCUT2D eigenvalue weighted by molar-refractivity contribution is -0.114. The molecule has 0 aliphatic rings. The maximum atomic E-state index is 13.5. The second kappa shape index (κ2) is 12.0. The minimum absolute atomic E-state index is 0.111. The van der Waals surface area contributed by atoms with Crippen molar-refractivity contribution in [3.05, 3.63) is 118 Å². The van der Waals surface area contributed by atoms with Gasteiger partial charge in [-0.2, -0.15) is 0 Å². The number of carbonyl (C=O) groups excluding carboxylic acids is 1. The molecule has 36 heavy (non-hydrogen) atoms. The van der Waals surface area contributed by atoms with Crippen LogP contribution in [0, 0.1) is 0 Å². The van der Waals surface area contributed by atoms with E-state index in [1.807, 2.05) is 42.5 Å². The van der Waals surface area contributed by atoms with E-state index < -0.39 is 15.9 Å². The molecule has 4 aromatic rings. The van der Waals surface area contributed by atoms with Crippen LogP contribution in [0.4, 0.5) is 11.4 Å². The maximum absolute atomic E-state index is 13.5. The molecule has 184 valence electrons. The Hall–Kier alpha value is -2.78. The number of para-hydroxylation sites is 1. The lowest BCUT2D eigenvalue weighted by Crippen LogP contribution is -2.38. The van der Waals surface area contributed by atoms with Gasteiger partial charge in [0.05, 0.1) is 16.3 Å². The summed E-state index contributed by atoms with van der Waals surface area (Å²) in [5, 5.41) is 3.57. The third kappa shape index (κ3) is 6.70. The number of carbonyl (C=O) groups is 1. The monoisotopic (exact) mass is 600 g/mol. The average molecular weight is 602 g/mol. The summed E-state index contributed by atoms with van der Waals surface area (Å²) in [5.41, 5.74) is 2.11. The van der Waals surface area contributed by atoms with Gasteiger partial charge in [0.1, 0.15) is 6.54 Å². The number of thioether (sulfide) groups is 1. The van der Waals surface area contributed by atoms with Crippen molar-refractivity contribution in [3.63, 3.8) is 0 Å². The zero-order valence-corrected chi connectivity index (χ0v) is 22.9. The molecule has 0 atom stereocenters. The third-order valence-corrected chi connectivity index (χ3v) is 8.92. The number of rotatable bonds is 9. The molecular weight excluding hydrogens is 580 g/mol. The number of hydrogen-bond donors (Lipinski definition) is 1. The van der Waals surface area contributed by atoms with E-state index in [1.165, 1.54) is 12.1 Å². The molecule has 0 bridgehead atoms. The topological polar surface area (TPSA) is 66.5 Å². The van der Waals surface area contributed by atoms with Gasteiger partial charge >= 0.3 is 0 Å². The lowest BCUT2D eigenvalue weighted by Gasteiger charge is -2.24. The second-order valence-corrected chi connectivity index (χ2v) is 12.0. The van der Waals surface area contributed by atoms with Crippen molar-refractivity contribution < 1.29 is 13.2 Å². The molecule has 4 rings (SSSR count). The molecule has 5 nitrogen and oxygen atoms in total. The Morgan fingerprint density at radius 1 is 0.861 bits per heavy atom. The molecule has 0 radical (unpaired) electrons. The maximum Gasteiger partial charge on any atom is 0.264 e. The Kier molecular flexibility index (Phi) is 8.74. The van der Waals surface area contributed by atoms with Crippen LogP contribution < -0.4 is 9.62 Å². The predicted octanol–water partition coefficient (Wildman–Crippen LogP) is 7.23. The molecule has 0 saturated carbocycles. The highest BCUT2D eigenvalue weighted by Gasteiger charge is 2.27. The molecule has 0 spiro atoms. The Bertz CT molecular complexity index is 1430. The number of benzene rings is 4. The van der Waals surface area contributed by atoms with E-state index >= 15 is 0 Å². The van der Waals surface area contributed by atoms with Gasteiger partial charge < -0.3 is 5.32 Å². The number of hydrogen-bond acceptors (Lipinski definition) is 4. The van der Waals surface area contributed by atoms with Gasteiger partial charge in [0.15, 0.2) is 0 Å². The van der Waals surface area contributed by atoms with E-state index in [0.29, 0.717) is 22.2 Å². The summed E-state index contributed by atoms with van der Waals surface area (Å²) in [5.74, 6) is 0.245. The number of nitrogens with zero attached hydrogens (tertiary/aromatic N) is 1. The van der Waals surface area contributed by atoms with Crippen molar-refractivity contribution in [2.75, 3.05) is 16.2 Å². The summed E-state index contributed by atoms with van der Waals surface area (Å²) < 4.78 is 28.9. The molecule has 0 saturated heterocycles. The summed E-state index contributed by atoms with van der Waals surface area (Å²) in [7, 11) is -3.97. The zero-order chi connectivity index (χ0) is 25.5. The summed E-state index contributed by atoms with van der Waals surface area (Å²) in [6.07, 6.45) is 0. The minimum Gasteiger partial charge on any atom is -0.323 e. The van der Waals surface area contributed by atoms with Crippen LogP contribution in [0.3, 0.4) is 0 Å². The highest BCUT2D eigenvalue weighted by Crippen LogP contribution is 2.31. The fourth-order valence-corrected chi connectivity index (χ4v) is 6.20. The predicted molar refractivity (Wildman–Crippen MR) is 151 cm³/mol. The van der Waals surface area contributed by atoms with Gasteiger partial charge in [0.25, 0.3) is 10.0 Å². The van der Waals surface area contributed by atoms with Crippen molar-refractivity contribution in [3.8, 4) is 0 Å². The molecule has 1 amide bonds. The first-order valence-electron chi connectivity index (χ1n) is 10.9. The molecule has 0 heterocycles. The number of halogens is 2. The lowest BCUT2D eigenvalue weighted by atomic mass is 10.2. The Balaban J connectivity index is 1.55. The molecule has 0 aliphatic carbocycles. The first-order valence-corrected chi connectivity index (χ1v) is 14.5. The molecule has 1 N–H and O–H groups in total. The van der Waals surface area contributed by atoms with Crippen LogP contribution in [-0.2, 0) is 20.6 Å². The van der Waals surface area contributed by atoms with Gasteiger partial charge in [-0.25, -0.2) is 8.42 Å². The van der Waals surface area contributed by atoms with Crippen molar-refractivity contribution in [1.29, 1.82) is 0 Å². The normalized spacial score (nSPS) is 11.2. The van der Waals surface area contributed by atoms with Gasteiger partial charge in [-0.15, -0.1) is 11.8 Å². The Labute approximate surface area is 228 Å². The first-order chi connectivity index (χ1) is 17.3. The average Bonchev–Trinajstić information content (AvgIpc) is 2.89.